The second-order valence-corrected chi connectivity index (χ2v) is 8.37. The summed E-state index contributed by atoms with van der Waals surface area (Å²) in [6.07, 6.45) is 4.20. The van der Waals surface area contributed by atoms with E-state index in [0.717, 1.165) is 29.8 Å². The van der Waals surface area contributed by atoms with Gasteiger partial charge in [0.25, 0.3) is 5.89 Å². The van der Waals surface area contributed by atoms with Gasteiger partial charge < -0.3 is 25.2 Å². The zero-order chi connectivity index (χ0) is 23.9. The number of piperidine rings is 1. The minimum Gasteiger partial charge on any atom is -0.480 e. The molecule has 9 nitrogen and oxygen atoms in total. The molecule has 3 aromatic rings. The molecule has 34 heavy (non-hydrogen) atoms. The topological polar surface area (TPSA) is 121 Å². The summed E-state index contributed by atoms with van der Waals surface area (Å²) in [5, 5.41) is 18.2. The van der Waals surface area contributed by atoms with Gasteiger partial charge in [0.1, 0.15) is 6.54 Å². The fourth-order valence-electron chi connectivity index (χ4n) is 4.06. The van der Waals surface area contributed by atoms with Crippen LogP contribution in [0.25, 0.3) is 22.8 Å². The van der Waals surface area contributed by atoms with Gasteiger partial charge in [-0.3, -0.25) is 9.59 Å². The molecule has 178 valence electrons. The van der Waals surface area contributed by atoms with Crippen molar-refractivity contribution in [2.45, 2.75) is 31.7 Å². The molecule has 0 spiro atoms. The van der Waals surface area contributed by atoms with Crippen molar-refractivity contribution >= 4 is 17.6 Å². The van der Waals surface area contributed by atoms with Gasteiger partial charge >= 0.3 is 5.97 Å². The van der Waals surface area contributed by atoms with Crippen molar-refractivity contribution in [3.8, 4) is 22.8 Å². The smallest absolute Gasteiger partial charge is 0.322 e. The molecule has 1 atom stereocenters. The van der Waals surface area contributed by atoms with Crippen molar-refractivity contribution in [1.29, 1.82) is 0 Å². The van der Waals surface area contributed by atoms with Crippen molar-refractivity contribution < 1.29 is 19.2 Å². The predicted molar refractivity (Wildman–Crippen MR) is 128 cm³/mol. The highest BCUT2D eigenvalue weighted by molar-refractivity contribution is 5.85. The Kier molecular flexibility index (Phi) is 7.54. The maximum atomic E-state index is 12.1. The van der Waals surface area contributed by atoms with Gasteiger partial charge in [-0.05, 0) is 62.6 Å². The largest absolute Gasteiger partial charge is 0.480 e. The molecule has 1 saturated heterocycles. The molecule has 2 heterocycles. The quantitative estimate of drug-likeness (QED) is 0.443. The zero-order valence-corrected chi connectivity index (χ0v) is 19.2. The fraction of sp³-hybridized carbons (Fsp3) is 0.360. The van der Waals surface area contributed by atoms with Crippen LogP contribution >= 0.6 is 0 Å². The van der Waals surface area contributed by atoms with E-state index >= 15 is 0 Å². The van der Waals surface area contributed by atoms with Crippen molar-refractivity contribution in [2.24, 2.45) is 0 Å². The Morgan fingerprint density at radius 3 is 2.35 bits per heavy atom. The average Bonchev–Trinajstić information content (AvgIpc) is 3.37. The summed E-state index contributed by atoms with van der Waals surface area (Å²) in [5.74, 6) is -0.478. The Bertz CT molecular complexity index is 1110. The molecule has 0 bridgehead atoms. The van der Waals surface area contributed by atoms with E-state index < -0.39 is 18.6 Å². The number of nitrogens with zero attached hydrogens (tertiary/aromatic N) is 3. The van der Waals surface area contributed by atoms with Gasteiger partial charge in [0.15, 0.2) is 0 Å². The Morgan fingerprint density at radius 1 is 1.03 bits per heavy atom. The molecule has 0 aliphatic carbocycles. The predicted octanol–water partition coefficient (Wildman–Crippen LogP) is 2.73. The van der Waals surface area contributed by atoms with Crippen LogP contribution in [-0.4, -0.2) is 59.8 Å². The first kappa shape index (κ1) is 23.4. The molecule has 2 aromatic carbocycles. The zero-order valence-electron chi connectivity index (χ0n) is 19.2. The van der Waals surface area contributed by atoms with Gasteiger partial charge in [-0.1, -0.05) is 29.4 Å². The summed E-state index contributed by atoms with van der Waals surface area (Å²) in [6.45, 7) is 1.79. The Hall–Kier alpha value is -3.72. The number of aliphatic carboxylic acids is 1. The number of anilines is 1. The minimum absolute atomic E-state index is 0.358. The van der Waals surface area contributed by atoms with Crippen molar-refractivity contribution in [3.05, 3.63) is 54.1 Å². The lowest BCUT2D eigenvalue weighted by Gasteiger charge is -2.28. The molecular weight excluding hydrogens is 434 g/mol. The lowest BCUT2D eigenvalue weighted by molar-refractivity contribution is -0.138. The number of hydrogen-bond donors (Lipinski definition) is 3. The third-order valence-electron chi connectivity index (χ3n) is 5.99. The highest BCUT2D eigenvalue weighted by Gasteiger charge is 2.18. The van der Waals surface area contributed by atoms with Gasteiger partial charge in [0.05, 0.1) is 6.04 Å². The number of aromatic nitrogens is 2. The van der Waals surface area contributed by atoms with Gasteiger partial charge in [-0.25, -0.2) is 0 Å². The Balaban J connectivity index is 1.39. The summed E-state index contributed by atoms with van der Waals surface area (Å²) < 4.78 is 5.49. The van der Waals surface area contributed by atoms with Crippen LogP contribution in [0.4, 0.5) is 5.69 Å². The summed E-state index contributed by atoms with van der Waals surface area (Å²) in [4.78, 5) is 29.8. The Morgan fingerprint density at radius 2 is 1.71 bits per heavy atom. The molecule has 0 saturated carbocycles. The van der Waals surface area contributed by atoms with E-state index in [1.165, 1.54) is 24.9 Å². The maximum absolute atomic E-state index is 12.1. The molecule has 1 aromatic heterocycles. The van der Waals surface area contributed by atoms with Crippen LogP contribution in [-0.2, 0) is 16.0 Å². The first-order valence-electron chi connectivity index (χ1n) is 11.5. The minimum atomic E-state index is -1.08. The number of likely N-dealkylation sites (N-methyl/N-ethyl adjacent to an activating group) is 1. The normalized spacial score (nSPS) is 14.6. The van der Waals surface area contributed by atoms with Gasteiger partial charge in [0.2, 0.25) is 11.7 Å². The first-order chi connectivity index (χ1) is 16.5. The number of carboxylic acids is 1. The number of benzene rings is 2. The molecule has 1 aliphatic heterocycles. The highest BCUT2D eigenvalue weighted by atomic mass is 16.5. The number of carbonyl (C=O) groups is 2. The first-order valence-corrected chi connectivity index (χ1v) is 11.5. The van der Waals surface area contributed by atoms with Crippen molar-refractivity contribution in [1.82, 2.24) is 20.8 Å². The number of carboxylic acid groups (broad SMARTS) is 1. The monoisotopic (exact) mass is 463 g/mol. The number of hydrogen-bond acceptors (Lipinski definition) is 7. The molecule has 0 radical (unpaired) electrons. The van der Waals surface area contributed by atoms with Gasteiger partial charge in [-0.2, -0.15) is 4.98 Å². The second-order valence-electron chi connectivity index (χ2n) is 8.37. The van der Waals surface area contributed by atoms with E-state index in [4.69, 9.17) is 9.63 Å². The number of carbonyl (C=O) groups excluding carboxylic acids is 1. The number of rotatable bonds is 9. The van der Waals surface area contributed by atoms with Gasteiger partial charge in [0, 0.05) is 29.9 Å². The van der Waals surface area contributed by atoms with Crippen LogP contribution in [0.3, 0.4) is 0 Å². The second kappa shape index (κ2) is 10.9. The molecule has 4 rings (SSSR count). The van der Waals surface area contributed by atoms with Crippen molar-refractivity contribution in [3.63, 3.8) is 0 Å². The molecular formula is C25H29N5O4. The van der Waals surface area contributed by atoms with Crippen LogP contribution in [0.15, 0.2) is 53.1 Å². The van der Waals surface area contributed by atoms with E-state index in [1.54, 1.807) is 7.05 Å². The molecule has 1 unspecified atom stereocenters. The van der Waals surface area contributed by atoms with Crippen LogP contribution in [0.1, 0.15) is 24.8 Å². The molecule has 1 aliphatic rings. The standard InChI is InChI=1S/C25H29N5O4/c1-26-21(24(33)27-16-22(31)32)15-17-5-7-18(8-6-17)23-28-25(34-29-23)19-9-11-20(12-10-19)30-13-3-2-4-14-30/h5-12,21,26H,2-4,13-16H2,1H3,(H,27,33)(H,31,32). The maximum Gasteiger partial charge on any atom is 0.322 e. The van der Waals surface area contributed by atoms with E-state index in [0.29, 0.717) is 18.1 Å². The Labute approximate surface area is 198 Å². The summed E-state index contributed by atoms with van der Waals surface area (Å²) in [7, 11) is 1.67. The number of amides is 1. The SMILES string of the molecule is CNC(Cc1ccc(-c2noc(-c3ccc(N4CCCCC4)cc3)n2)cc1)C(=O)NCC(=O)O. The average molecular weight is 464 g/mol. The third kappa shape index (κ3) is 5.79. The van der Waals surface area contributed by atoms with Gasteiger partial charge in [-0.15, -0.1) is 0 Å². The van der Waals surface area contributed by atoms with E-state index in [1.807, 2.05) is 36.4 Å². The lowest BCUT2D eigenvalue weighted by atomic mass is 10.0. The van der Waals surface area contributed by atoms with Crippen LogP contribution in [0, 0.1) is 0 Å². The number of nitrogens with one attached hydrogen (secondary N) is 2. The van der Waals surface area contributed by atoms with Crippen LogP contribution in [0.5, 0.6) is 0 Å². The summed E-state index contributed by atoms with van der Waals surface area (Å²) in [5.41, 5.74) is 3.82. The fourth-order valence-corrected chi connectivity index (χ4v) is 4.06. The summed E-state index contributed by atoms with van der Waals surface area (Å²) >= 11 is 0. The third-order valence-corrected chi connectivity index (χ3v) is 5.99. The molecule has 9 heteroatoms. The van der Waals surface area contributed by atoms with E-state index in [9.17, 15) is 9.59 Å². The van der Waals surface area contributed by atoms with Crippen LogP contribution in [0.2, 0.25) is 0 Å². The summed E-state index contributed by atoms with van der Waals surface area (Å²) in [6, 6.07) is 15.2. The van der Waals surface area contributed by atoms with Crippen molar-refractivity contribution in [2.75, 3.05) is 31.6 Å². The van der Waals surface area contributed by atoms with E-state index in [2.05, 4.69) is 37.8 Å². The van der Waals surface area contributed by atoms with Crippen LogP contribution < -0.4 is 15.5 Å². The molecule has 1 fully saturated rings. The highest BCUT2D eigenvalue weighted by Crippen LogP contribution is 2.26. The molecule has 3 N–H and O–H groups in total. The lowest BCUT2D eigenvalue weighted by Crippen LogP contribution is -2.45. The van der Waals surface area contributed by atoms with E-state index in [-0.39, 0.29) is 5.91 Å². The molecule has 1 amide bonds.